The molecule has 0 atom stereocenters. The summed E-state index contributed by atoms with van der Waals surface area (Å²) in [5, 5.41) is 7.36. The van der Waals surface area contributed by atoms with Gasteiger partial charge in [-0.1, -0.05) is 43.6 Å². The second-order valence-corrected chi connectivity index (χ2v) is 7.55. The lowest BCUT2D eigenvalue weighted by molar-refractivity contribution is -0.112. The number of hydrogen-bond donors (Lipinski definition) is 1. The summed E-state index contributed by atoms with van der Waals surface area (Å²) in [5.74, 6) is -1.58. The van der Waals surface area contributed by atoms with Gasteiger partial charge in [0.1, 0.15) is 10.7 Å². The zero-order valence-electron chi connectivity index (χ0n) is 15.8. The minimum absolute atomic E-state index is 0.0221. The Morgan fingerprint density at radius 1 is 1.31 bits per heavy atom. The number of hydrogen-bond acceptors (Lipinski definition) is 6. The molecule has 1 aliphatic heterocycles. The number of ether oxygens (including phenoxy) is 1. The van der Waals surface area contributed by atoms with Gasteiger partial charge < -0.3 is 4.74 Å². The molecule has 10 heteroatoms. The van der Waals surface area contributed by atoms with Crippen molar-refractivity contribution in [1.29, 1.82) is 0 Å². The quantitative estimate of drug-likeness (QED) is 0.730. The molecule has 7 nitrogen and oxygen atoms in total. The van der Waals surface area contributed by atoms with Crippen LogP contribution in [0.15, 0.2) is 34.3 Å². The van der Waals surface area contributed by atoms with Crippen molar-refractivity contribution in [3.05, 3.63) is 61.8 Å². The van der Waals surface area contributed by atoms with Gasteiger partial charge in [-0.25, -0.2) is 9.07 Å². The largest absolute Gasteiger partial charge is 0.434 e. The van der Waals surface area contributed by atoms with Gasteiger partial charge in [0.25, 0.3) is 5.56 Å². The standard InChI is InChI=1S/C19H17Cl2FN4O3/c1-8(2)10-7-14(25-26(4)19(10)28)29-18-12(20)6-11(16(22)15(18)21)17-13(27)5-9(3)23-24-17/h6-8,23H,3,5H2,1-2,4H3. The van der Waals surface area contributed by atoms with E-state index in [1.165, 1.54) is 19.2 Å². The zero-order chi connectivity index (χ0) is 21.5. The summed E-state index contributed by atoms with van der Waals surface area (Å²) in [6, 6.07) is 2.66. The highest BCUT2D eigenvalue weighted by Gasteiger charge is 2.27. The summed E-state index contributed by atoms with van der Waals surface area (Å²) in [4.78, 5) is 24.3. The molecule has 0 saturated carbocycles. The van der Waals surface area contributed by atoms with Gasteiger partial charge in [0.2, 0.25) is 5.88 Å². The lowest BCUT2D eigenvalue weighted by atomic mass is 10.0. The molecule has 3 rings (SSSR count). The highest BCUT2D eigenvalue weighted by atomic mass is 35.5. The molecule has 1 aliphatic rings. The number of Topliss-reactive ketones (excluding diaryl/α,β-unsaturated/α-hetero) is 1. The van der Waals surface area contributed by atoms with E-state index in [2.05, 4.69) is 22.2 Å². The number of hydrazone groups is 1. The van der Waals surface area contributed by atoms with Crippen LogP contribution in [0.5, 0.6) is 11.6 Å². The van der Waals surface area contributed by atoms with Crippen LogP contribution < -0.4 is 15.7 Å². The molecular formula is C19H17Cl2FN4O3. The Morgan fingerprint density at radius 3 is 2.62 bits per heavy atom. The third-order valence-corrected chi connectivity index (χ3v) is 4.85. The van der Waals surface area contributed by atoms with Crippen molar-refractivity contribution in [2.75, 3.05) is 0 Å². The molecule has 0 unspecified atom stereocenters. The normalized spacial score (nSPS) is 14.1. The molecule has 0 fully saturated rings. The number of halogens is 3. The average molecular weight is 439 g/mol. The maximum absolute atomic E-state index is 14.9. The van der Waals surface area contributed by atoms with Crippen molar-refractivity contribution in [2.45, 2.75) is 26.2 Å². The van der Waals surface area contributed by atoms with E-state index in [1.807, 2.05) is 13.8 Å². The second kappa shape index (κ2) is 7.96. The lowest BCUT2D eigenvalue weighted by Crippen LogP contribution is -2.28. The van der Waals surface area contributed by atoms with Crippen molar-refractivity contribution in [1.82, 2.24) is 15.2 Å². The molecule has 1 N–H and O–H groups in total. The van der Waals surface area contributed by atoms with Crippen LogP contribution in [0.1, 0.15) is 37.3 Å². The van der Waals surface area contributed by atoms with Crippen molar-refractivity contribution in [2.24, 2.45) is 12.1 Å². The molecule has 1 aromatic heterocycles. The predicted molar refractivity (Wildman–Crippen MR) is 108 cm³/mol. The molecule has 2 aromatic rings. The van der Waals surface area contributed by atoms with Crippen LogP contribution in [0.2, 0.25) is 10.0 Å². The Hall–Kier alpha value is -2.71. The summed E-state index contributed by atoms with van der Waals surface area (Å²) in [6.07, 6.45) is -0.0221. The summed E-state index contributed by atoms with van der Waals surface area (Å²) < 4.78 is 21.6. The minimum Gasteiger partial charge on any atom is -0.434 e. The van der Waals surface area contributed by atoms with E-state index in [1.54, 1.807) is 0 Å². The molecule has 29 heavy (non-hydrogen) atoms. The van der Waals surface area contributed by atoms with Gasteiger partial charge in [-0.05, 0) is 12.0 Å². The van der Waals surface area contributed by atoms with Gasteiger partial charge in [-0.15, -0.1) is 5.10 Å². The third-order valence-electron chi connectivity index (χ3n) is 4.23. The zero-order valence-corrected chi connectivity index (χ0v) is 17.4. The maximum Gasteiger partial charge on any atom is 0.270 e. The fraction of sp³-hybridized carbons (Fsp3) is 0.263. The number of benzene rings is 1. The molecule has 2 heterocycles. The van der Waals surface area contributed by atoms with E-state index < -0.39 is 16.6 Å². The third kappa shape index (κ3) is 4.04. The van der Waals surface area contributed by atoms with E-state index >= 15 is 0 Å². The van der Waals surface area contributed by atoms with Crippen molar-refractivity contribution in [3.8, 4) is 11.6 Å². The molecule has 0 aliphatic carbocycles. The highest BCUT2D eigenvalue weighted by molar-refractivity contribution is 6.48. The molecule has 0 radical (unpaired) electrons. The number of ketones is 1. The molecule has 1 aromatic carbocycles. The number of allylic oxidation sites excluding steroid dienone is 1. The predicted octanol–water partition coefficient (Wildman–Crippen LogP) is 3.92. The number of aryl methyl sites for hydroxylation is 1. The molecular weight excluding hydrogens is 422 g/mol. The highest BCUT2D eigenvalue weighted by Crippen LogP contribution is 2.40. The number of nitrogens with one attached hydrogen (secondary N) is 1. The molecule has 0 spiro atoms. The van der Waals surface area contributed by atoms with Crippen LogP contribution in [0, 0.1) is 5.82 Å². The van der Waals surface area contributed by atoms with E-state index in [0.717, 1.165) is 4.68 Å². The smallest absolute Gasteiger partial charge is 0.270 e. The first-order chi connectivity index (χ1) is 13.6. The summed E-state index contributed by atoms with van der Waals surface area (Å²) in [5.41, 5.74) is 2.85. The first kappa shape index (κ1) is 21.0. The fourth-order valence-corrected chi connectivity index (χ4v) is 3.27. The minimum atomic E-state index is -0.915. The summed E-state index contributed by atoms with van der Waals surface area (Å²) >= 11 is 12.4. The van der Waals surface area contributed by atoms with E-state index in [-0.39, 0.29) is 45.8 Å². The molecule has 0 bridgehead atoms. The number of rotatable bonds is 4. The summed E-state index contributed by atoms with van der Waals surface area (Å²) in [6.45, 7) is 7.30. The molecule has 152 valence electrons. The Labute approximate surface area is 175 Å². The van der Waals surface area contributed by atoms with E-state index in [0.29, 0.717) is 11.3 Å². The number of carbonyl (C=O) groups excluding carboxylic acids is 1. The van der Waals surface area contributed by atoms with Gasteiger partial charge >= 0.3 is 0 Å². The molecule has 0 saturated heterocycles. The van der Waals surface area contributed by atoms with Crippen LogP contribution in [-0.4, -0.2) is 21.3 Å². The van der Waals surface area contributed by atoms with Gasteiger partial charge in [-0.2, -0.15) is 5.10 Å². The van der Waals surface area contributed by atoms with Crippen molar-refractivity contribution < 1.29 is 13.9 Å². The topological polar surface area (TPSA) is 85.6 Å². The average Bonchev–Trinajstić information content (AvgIpc) is 2.64. The van der Waals surface area contributed by atoms with Crippen LogP contribution in [-0.2, 0) is 11.8 Å². The van der Waals surface area contributed by atoms with E-state index in [9.17, 15) is 14.0 Å². The first-order valence-electron chi connectivity index (χ1n) is 8.58. The second-order valence-electron chi connectivity index (χ2n) is 6.76. The van der Waals surface area contributed by atoms with Crippen LogP contribution in [0.25, 0.3) is 0 Å². The van der Waals surface area contributed by atoms with Crippen molar-refractivity contribution in [3.63, 3.8) is 0 Å². The number of nitrogens with zero attached hydrogens (tertiary/aromatic N) is 3. The van der Waals surface area contributed by atoms with Crippen molar-refractivity contribution >= 4 is 34.7 Å². The number of aromatic nitrogens is 2. The Balaban J connectivity index is 2.05. The van der Waals surface area contributed by atoms with Gasteiger partial charge in [0, 0.05) is 29.9 Å². The number of carbonyl (C=O) groups is 1. The fourth-order valence-electron chi connectivity index (χ4n) is 2.74. The SMILES string of the molecule is C=C1CC(=O)C(c2cc(Cl)c(Oc3cc(C(C)C)c(=O)n(C)n3)c(Cl)c2F)=NN1. The summed E-state index contributed by atoms with van der Waals surface area (Å²) in [7, 11) is 1.47. The maximum atomic E-state index is 14.9. The van der Waals surface area contributed by atoms with Crippen LogP contribution in [0.4, 0.5) is 4.39 Å². The van der Waals surface area contributed by atoms with Crippen LogP contribution >= 0.6 is 23.2 Å². The Bertz CT molecular complexity index is 1130. The van der Waals surface area contributed by atoms with E-state index in [4.69, 9.17) is 27.9 Å². The van der Waals surface area contributed by atoms with Gasteiger partial charge in [-0.3, -0.25) is 15.0 Å². The lowest BCUT2D eigenvalue weighted by Gasteiger charge is -2.17. The monoisotopic (exact) mass is 438 g/mol. The first-order valence-corrected chi connectivity index (χ1v) is 9.34. The van der Waals surface area contributed by atoms with Gasteiger partial charge in [0.05, 0.1) is 11.4 Å². The Morgan fingerprint density at radius 2 is 2.00 bits per heavy atom. The van der Waals surface area contributed by atoms with Crippen LogP contribution in [0.3, 0.4) is 0 Å². The Kier molecular flexibility index (Phi) is 5.77. The molecule has 0 amide bonds. The van der Waals surface area contributed by atoms with Gasteiger partial charge in [0.15, 0.2) is 17.3 Å².